The van der Waals surface area contributed by atoms with E-state index in [4.69, 9.17) is 21.0 Å². The van der Waals surface area contributed by atoms with Crippen molar-refractivity contribution in [2.24, 2.45) is 0 Å². The summed E-state index contributed by atoms with van der Waals surface area (Å²) in [6.45, 7) is 2.36. The first-order valence-corrected chi connectivity index (χ1v) is 11.3. The van der Waals surface area contributed by atoms with Crippen molar-refractivity contribution >= 4 is 56.0 Å². The lowest BCUT2D eigenvalue weighted by Crippen LogP contribution is -2.22. The molecule has 8 heteroatoms. The van der Waals surface area contributed by atoms with Crippen LogP contribution < -0.4 is 11.2 Å². The van der Waals surface area contributed by atoms with E-state index in [0.717, 1.165) is 10.8 Å². The van der Waals surface area contributed by atoms with Gasteiger partial charge in [-0.05, 0) is 41.5 Å². The molecule has 0 radical (unpaired) electrons. The minimum absolute atomic E-state index is 0.101. The van der Waals surface area contributed by atoms with Crippen molar-refractivity contribution in [3.8, 4) is 5.75 Å². The number of thioether (sulfide) groups is 1. The van der Waals surface area contributed by atoms with Gasteiger partial charge in [0.05, 0.1) is 15.9 Å². The molecule has 0 bridgehead atoms. The van der Waals surface area contributed by atoms with Crippen LogP contribution in [-0.2, 0) is 12.3 Å². The van der Waals surface area contributed by atoms with Crippen LogP contribution in [0.4, 0.5) is 0 Å². The van der Waals surface area contributed by atoms with Crippen LogP contribution in [0.5, 0.6) is 5.75 Å². The minimum Gasteiger partial charge on any atom is -0.506 e. The molecule has 6 nitrogen and oxygen atoms in total. The number of halogens is 1. The molecule has 3 aromatic carbocycles. The first-order valence-electron chi connectivity index (χ1n) is 9.96. The van der Waals surface area contributed by atoms with E-state index in [2.05, 4.69) is 0 Å². The van der Waals surface area contributed by atoms with E-state index < -0.39 is 5.63 Å². The number of fused-ring (bicyclic) bond motifs is 3. The van der Waals surface area contributed by atoms with E-state index in [0.29, 0.717) is 39.3 Å². The van der Waals surface area contributed by atoms with Crippen LogP contribution in [0.2, 0.25) is 5.02 Å². The molecule has 0 saturated heterocycles. The first-order chi connectivity index (χ1) is 15.4. The number of nitrogens with zero attached hydrogens (tertiary/aromatic N) is 2. The highest BCUT2D eigenvalue weighted by molar-refractivity contribution is 7.98. The van der Waals surface area contributed by atoms with Crippen LogP contribution >= 0.6 is 23.4 Å². The van der Waals surface area contributed by atoms with Crippen LogP contribution in [0.1, 0.15) is 12.5 Å². The number of hydrogen-bond donors (Lipinski definition) is 1. The molecule has 0 amide bonds. The van der Waals surface area contributed by atoms with Crippen LogP contribution in [-0.4, -0.2) is 14.7 Å². The van der Waals surface area contributed by atoms with E-state index in [1.807, 2.05) is 43.3 Å². The summed E-state index contributed by atoms with van der Waals surface area (Å²) >= 11 is 7.42. The number of phenols is 1. The molecule has 0 fully saturated rings. The predicted octanol–water partition coefficient (Wildman–Crippen LogP) is 5.33. The number of benzene rings is 3. The Balaban J connectivity index is 1.61. The highest BCUT2D eigenvalue weighted by Gasteiger charge is 2.14. The molecule has 0 aliphatic rings. The largest absolute Gasteiger partial charge is 0.506 e. The lowest BCUT2D eigenvalue weighted by atomic mass is 10.1. The van der Waals surface area contributed by atoms with Crippen LogP contribution in [0.3, 0.4) is 0 Å². The molecule has 0 aliphatic carbocycles. The maximum atomic E-state index is 13.2. The highest BCUT2D eigenvalue weighted by Crippen LogP contribution is 2.32. The number of aromatic hydroxyl groups is 1. The van der Waals surface area contributed by atoms with Crippen molar-refractivity contribution in [2.75, 3.05) is 0 Å². The summed E-state index contributed by atoms with van der Waals surface area (Å²) < 4.78 is 6.83. The summed E-state index contributed by atoms with van der Waals surface area (Å²) in [4.78, 5) is 30.0. The van der Waals surface area contributed by atoms with E-state index in [1.165, 1.54) is 23.9 Å². The monoisotopic (exact) mass is 464 g/mol. The third kappa shape index (κ3) is 3.53. The summed E-state index contributed by atoms with van der Waals surface area (Å²) in [5, 5.41) is 13.8. The SMILES string of the molecule is CCn1c(SCc2cc(=O)oc3cc(O)c(Cl)cc23)nc2cc3ccccc3cc2c1=O. The fraction of sp³-hybridized carbons (Fsp3) is 0.125. The zero-order chi connectivity index (χ0) is 22.4. The molecule has 5 rings (SSSR count). The van der Waals surface area contributed by atoms with Crippen LogP contribution in [0.25, 0.3) is 32.6 Å². The van der Waals surface area contributed by atoms with Crippen molar-refractivity contribution in [3.05, 3.63) is 86.0 Å². The van der Waals surface area contributed by atoms with E-state index in [1.54, 1.807) is 10.6 Å². The van der Waals surface area contributed by atoms with E-state index in [-0.39, 0.29) is 21.9 Å². The molecular weight excluding hydrogens is 448 g/mol. The Morgan fingerprint density at radius 3 is 2.56 bits per heavy atom. The summed E-state index contributed by atoms with van der Waals surface area (Å²) in [6, 6.07) is 15.9. The van der Waals surface area contributed by atoms with Gasteiger partial charge in [-0.2, -0.15) is 0 Å². The molecule has 0 unspecified atom stereocenters. The summed E-state index contributed by atoms with van der Waals surface area (Å²) in [5.41, 5.74) is 0.933. The fourth-order valence-corrected chi connectivity index (χ4v) is 4.99. The van der Waals surface area contributed by atoms with Crippen molar-refractivity contribution < 1.29 is 9.52 Å². The minimum atomic E-state index is -0.527. The van der Waals surface area contributed by atoms with Gasteiger partial charge in [0.15, 0.2) is 5.16 Å². The Hall–Kier alpha value is -3.29. The Labute approximate surface area is 191 Å². The predicted molar refractivity (Wildman–Crippen MR) is 128 cm³/mol. The molecule has 2 heterocycles. The van der Waals surface area contributed by atoms with Crippen molar-refractivity contribution in [1.29, 1.82) is 0 Å². The van der Waals surface area contributed by atoms with Crippen LogP contribution in [0.15, 0.2) is 73.8 Å². The van der Waals surface area contributed by atoms with Gasteiger partial charge >= 0.3 is 5.63 Å². The first kappa shape index (κ1) is 20.6. The van der Waals surface area contributed by atoms with Gasteiger partial charge in [0.2, 0.25) is 0 Å². The standard InChI is InChI=1S/C24H17ClN2O4S/c1-2-27-23(30)17-7-13-5-3-4-6-14(13)8-19(17)26-24(27)32-12-15-9-22(29)31-21-11-20(28)18(25)10-16(15)21/h3-11,28H,2,12H2,1H3. The Morgan fingerprint density at radius 2 is 1.81 bits per heavy atom. The number of rotatable bonds is 4. The maximum absolute atomic E-state index is 13.2. The third-order valence-corrected chi connectivity index (χ3v) is 6.69. The molecule has 160 valence electrons. The zero-order valence-corrected chi connectivity index (χ0v) is 18.5. The van der Waals surface area contributed by atoms with Crippen molar-refractivity contribution in [3.63, 3.8) is 0 Å². The Kier molecular flexibility index (Phi) is 5.15. The molecule has 5 aromatic rings. The average molecular weight is 465 g/mol. The molecule has 1 N–H and O–H groups in total. The number of phenolic OH excluding ortho intramolecular Hbond substituents is 1. The normalized spacial score (nSPS) is 11.6. The quantitative estimate of drug-likeness (QED) is 0.167. The van der Waals surface area contributed by atoms with Gasteiger partial charge in [0.1, 0.15) is 11.3 Å². The Morgan fingerprint density at radius 1 is 1.06 bits per heavy atom. The van der Waals surface area contributed by atoms with E-state index in [9.17, 15) is 14.7 Å². The highest BCUT2D eigenvalue weighted by atomic mass is 35.5. The van der Waals surface area contributed by atoms with Gasteiger partial charge < -0.3 is 9.52 Å². The second-order valence-corrected chi connectivity index (χ2v) is 8.69. The summed E-state index contributed by atoms with van der Waals surface area (Å²) in [6.07, 6.45) is 0. The van der Waals surface area contributed by atoms with Crippen molar-refractivity contribution in [2.45, 2.75) is 24.4 Å². The zero-order valence-electron chi connectivity index (χ0n) is 17.0. The lowest BCUT2D eigenvalue weighted by Gasteiger charge is -2.12. The van der Waals surface area contributed by atoms with Crippen molar-refractivity contribution in [1.82, 2.24) is 9.55 Å². The molecule has 0 atom stereocenters. The smallest absolute Gasteiger partial charge is 0.336 e. The number of aromatic nitrogens is 2. The van der Waals surface area contributed by atoms with Gasteiger partial charge in [0.25, 0.3) is 5.56 Å². The molecule has 2 aromatic heterocycles. The average Bonchev–Trinajstić information content (AvgIpc) is 2.77. The van der Waals surface area contributed by atoms with Gasteiger partial charge in [-0.1, -0.05) is 47.6 Å². The molecular formula is C24H17ClN2O4S. The molecule has 0 spiro atoms. The van der Waals surface area contributed by atoms with E-state index >= 15 is 0 Å². The Bertz CT molecular complexity index is 1640. The number of hydrogen-bond acceptors (Lipinski definition) is 6. The van der Waals surface area contributed by atoms with Crippen LogP contribution in [0, 0.1) is 0 Å². The third-order valence-electron chi connectivity index (χ3n) is 5.36. The fourth-order valence-electron chi connectivity index (χ4n) is 3.77. The maximum Gasteiger partial charge on any atom is 0.336 e. The second kappa shape index (κ2) is 8.00. The summed E-state index contributed by atoms with van der Waals surface area (Å²) in [5.74, 6) is 0.213. The van der Waals surface area contributed by atoms with Gasteiger partial charge in [-0.15, -0.1) is 0 Å². The van der Waals surface area contributed by atoms with Gasteiger partial charge in [0, 0.05) is 29.8 Å². The van der Waals surface area contributed by atoms with Gasteiger partial charge in [-0.3, -0.25) is 9.36 Å². The lowest BCUT2D eigenvalue weighted by molar-refractivity contribution is 0.473. The molecule has 0 aliphatic heterocycles. The molecule has 0 saturated carbocycles. The summed E-state index contributed by atoms with van der Waals surface area (Å²) in [7, 11) is 0. The molecule has 32 heavy (non-hydrogen) atoms. The topological polar surface area (TPSA) is 85.3 Å². The second-order valence-electron chi connectivity index (χ2n) is 7.34. The van der Waals surface area contributed by atoms with Gasteiger partial charge in [-0.25, -0.2) is 9.78 Å².